The molecule has 5 nitrogen and oxygen atoms in total. The van der Waals surface area contributed by atoms with E-state index in [-0.39, 0.29) is 0 Å². The number of methoxy groups -OCH3 is 4. The number of ether oxygens (including phenoxy) is 5. The summed E-state index contributed by atoms with van der Waals surface area (Å²) in [4.78, 5) is 0. The molecule has 0 bridgehead atoms. The molecule has 5 heteroatoms. The van der Waals surface area contributed by atoms with E-state index in [2.05, 4.69) is 48.5 Å². The van der Waals surface area contributed by atoms with Crippen LogP contribution in [0.2, 0.25) is 0 Å². The van der Waals surface area contributed by atoms with Crippen molar-refractivity contribution in [2.24, 2.45) is 0 Å². The predicted octanol–water partition coefficient (Wildman–Crippen LogP) is 7.08. The van der Waals surface area contributed by atoms with Crippen LogP contribution >= 0.6 is 0 Å². The molecule has 4 rings (SSSR count). The summed E-state index contributed by atoms with van der Waals surface area (Å²) in [5.74, 6) is 4.58. The molecule has 0 fully saturated rings. The number of benzene rings is 4. The number of aryl methyl sites for hydroxylation is 4. The molecule has 0 unspecified atom stereocenters. The van der Waals surface area contributed by atoms with Gasteiger partial charge in [-0.15, -0.1) is 0 Å². The molecular formula is C32H34O5. The van der Waals surface area contributed by atoms with E-state index in [0.29, 0.717) is 17.2 Å². The minimum absolute atomic E-state index is 0.681. The fourth-order valence-corrected chi connectivity index (χ4v) is 4.23. The third kappa shape index (κ3) is 7.20. The zero-order valence-corrected chi connectivity index (χ0v) is 22.0. The van der Waals surface area contributed by atoms with Crippen molar-refractivity contribution in [1.82, 2.24) is 0 Å². The van der Waals surface area contributed by atoms with Crippen LogP contribution in [0.15, 0.2) is 84.9 Å². The van der Waals surface area contributed by atoms with E-state index in [1.165, 1.54) is 16.7 Å². The quantitative estimate of drug-likeness (QED) is 0.209. The number of hydrogen-bond acceptors (Lipinski definition) is 5. The van der Waals surface area contributed by atoms with Crippen molar-refractivity contribution in [3.05, 3.63) is 107 Å². The highest BCUT2D eigenvalue weighted by Gasteiger charge is 2.11. The first-order valence-electron chi connectivity index (χ1n) is 12.4. The Morgan fingerprint density at radius 1 is 0.405 bits per heavy atom. The van der Waals surface area contributed by atoms with Gasteiger partial charge in [-0.2, -0.15) is 0 Å². The van der Waals surface area contributed by atoms with E-state index in [9.17, 15) is 0 Å². The van der Waals surface area contributed by atoms with Gasteiger partial charge >= 0.3 is 0 Å². The van der Waals surface area contributed by atoms with Crippen LogP contribution in [-0.4, -0.2) is 28.4 Å². The molecule has 0 atom stereocenters. The first kappa shape index (κ1) is 26.0. The van der Waals surface area contributed by atoms with Gasteiger partial charge in [0.05, 0.1) is 28.4 Å². The molecule has 0 aliphatic heterocycles. The van der Waals surface area contributed by atoms with Crippen LogP contribution < -0.4 is 23.7 Å². The Labute approximate surface area is 219 Å². The lowest BCUT2D eigenvalue weighted by Gasteiger charge is -2.14. The lowest BCUT2D eigenvalue weighted by atomic mass is 10.0. The molecule has 0 saturated carbocycles. The maximum atomic E-state index is 6.35. The average Bonchev–Trinajstić information content (AvgIpc) is 2.95. The number of rotatable bonds is 12. The Balaban J connectivity index is 1.49. The second-order valence-corrected chi connectivity index (χ2v) is 8.80. The SMILES string of the molecule is COc1ccc(CCc2cc(OC)cc(Oc3cc(CCc4cccc(OC)c4)ccc3OC)c2)cc1. The lowest BCUT2D eigenvalue weighted by Crippen LogP contribution is -1.97. The Morgan fingerprint density at radius 2 is 1.00 bits per heavy atom. The molecule has 0 saturated heterocycles. The van der Waals surface area contributed by atoms with Crippen molar-refractivity contribution >= 4 is 0 Å². The highest BCUT2D eigenvalue weighted by Crippen LogP contribution is 2.35. The zero-order chi connectivity index (χ0) is 26.0. The van der Waals surface area contributed by atoms with Crippen molar-refractivity contribution < 1.29 is 23.7 Å². The molecule has 37 heavy (non-hydrogen) atoms. The molecule has 4 aromatic rings. The van der Waals surface area contributed by atoms with E-state index in [1.54, 1.807) is 28.4 Å². The van der Waals surface area contributed by atoms with E-state index in [0.717, 1.165) is 48.5 Å². The average molecular weight is 499 g/mol. The molecule has 0 spiro atoms. The van der Waals surface area contributed by atoms with Crippen molar-refractivity contribution in [3.63, 3.8) is 0 Å². The van der Waals surface area contributed by atoms with Gasteiger partial charge in [-0.1, -0.05) is 30.3 Å². The van der Waals surface area contributed by atoms with Gasteiger partial charge in [-0.25, -0.2) is 0 Å². The fourth-order valence-electron chi connectivity index (χ4n) is 4.23. The minimum Gasteiger partial charge on any atom is -0.497 e. The number of hydrogen-bond donors (Lipinski definition) is 0. The van der Waals surface area contributed by atoms with Gasteiger partial charge in [0.25, 0.3) is 0 Å². The highest BCUT2D eigenvalue weighted by atomic mass is 16.5. The van der Waals surface area contributed by atoms with E-state index in [4.69, 9.17) is 23.7 Å². The highest BCUT2D eigenvalue weighted by molar-refractivity contribution is 5.48. The summed E-state index contributed by atoms with van der Waals surface area (Å²) in [5, 5.41) is 0. The molecule has 0 aliphatic carbocycles. The molecule has 0 N–H and O–H groups in total. The van der Waals surface area contributed by atoms with E-state index < -0.39 is 0 Å². The first-order chi connectivity index (χ1) is 18.1. The van der Waals surface area contributed by atoms with Crippen LogP contribution in [-0.2, 0) is 25.7 Å². The summed E-state index contributed by atoms with van der Waals surface area (Å²) in [6.07, 6.45) is 3.54. The molecule has 192 valence electrons. The molecule has 4 aromatic carbocycles. The molecule has 0 radical (unpaired) electrons. The van der Waals surface area contributed by atoms with Crippen LogP contribution in [0.5, 0.6) is 34.5 Å². The third-order valence-corrected chi connectivity index (χ3v) is 6.33. The monoisotopic (exact) mass is 498 g/mol. The Kier molecular flexibility index (Phi) is 8.93. The van der Waals surface area contributed by atoms with Gasteiger partial charge in [0.2, 0.25) is 0 Å². The summed E-state index contributed by atoms with van der Waals surface area (Å²) in [5.41, 5.74) is 4.78. The maximum Gasteiger partial charge on any atom is 0.169 e. The topological polar surface area (TPSA) is 46.2 Å². The summed E-state index contributed by atoms with van der Waals surface area (Å²) in [7, 11) is 6.70. The van der Waals surface area contributed by atoms with Gasteiger partial charge < -0.3 is 23.7 Å². The van der Waals surface area contributed by atoms with Crippen LogP contribution in [0.3, 0.4) is 0 Å². The zero-order valence-electron chi connectivity index (χ0n) is 22.0. The first-order valence-corrected chi connectivity index (χ1v) is 12.4. The largest absolute Gasteiger partial charge is 0.497 e. The van der Waals surface area contributed by atoms with Crippen LogP contribution in [0, 0.1) is 0 Å². The predicted molar refractivity (Wildman–Crippen MR) is 147 cm³/mol. The minimum atomic E-state index is 0.681. The maximum absolute atomic E-state index is 6.35. The normalized spacial score (nSPS) is 10.6. The second kappa shape index (κ2) is 12.7. The van der Waals surface area contributed by atoms with Crippen LogP contribution in [0.1, 0.15) is 22.3 Å². The molecular weight excluding hydrogens is 464 g/mol. The molecule has 0 amide bonds. The summed E-state index contributed by atoms with van der Waals surface area (Å²) in [6, 6.07) is 28.5. The van der Waals surface area contributed by atoms with Crippen molar-refractivity contribution in [2.75, 3.05) is 28.4 Å². The van der Waals surface area contributed by atoms with Gasteiger partial charge in [-0.3, -0.25) is 0 Å². The summed E-state index contributed by atoms with van der Waals surface area (Å²) >= 11 is 0. The lowest BCUT2D eigenvalue weighted by molar-refractivity contribution is 0.375. The Hall–Kier alpha value is -4.12. The second-order valence-electron chi connectivity index (χ2n) is 8.80. The van der Waals surface area contributed by atoms with Crippen molar-refractivity contribution in [2.45, 2.75) is 25.7 Å². The van der Waals surface area contributed by atoms with Crippen molar-refractivity contribution in [1.29, 1.82) is 0 Å². The fraction of sp³-hybridized carbons (Fsp3) is 0.250. The Morgan fingerprint density at radius 3 is 1.70 bits per heavy atom. The van der Waals surface area contributed by atoms with Gasteiger partial charge in [0, 0.05) is 6.07 Å². The summed E-state index contributed by atoms with van der Waals surface area (Å²) in [6.45, 7) is 0. The van der Waals surface area contributed by atoms with Gasteiger partial charge in [0.15, 0.2) is 11.5 Å². The van der Waals surface area contributed by atoms with Gasteiger partial charge in [0.1, 0.15) is 23.0 Å². The third-order valence-electron chi connectivity index (χ3n) is 6.33. The van der Waals surface area contributed by atoms with Gasteiger partial charge in [-0.05, 0) is 96.5 Å². The van der Waals surface area contributed by atoms with Crippen LogP contribution in [0.25, 0.3) is 0 Å². The molecule has 0 aromatic heterocycles. The van der Waals surface area contributed by atoms with E-state index in [1.807, 2.05) is 36.4 Å². The Bertz CT molecular complexity index is 1300. The molecule has 0 aliphatic rings. The molecule has 0 heterocycles. The van der Waals surface area contributed by atoms with Crippen molar-refractivity contribution in [3.8, 4) is 34.5 Å². The van der Waals surface area contributed by atoms with E-state index >= 15 is 0 Å². The standard InChI is InChI=1S/C32H34O5/c1-33-27-15-12-23(13-16-27)8-11-26-19-29(35-3)22-30(20-26)37-32-21-25(14-17-31(32)36-4)10-9-24-6-5-7-28(18-24)34-2/h5-7,12-22H,8-11H2,1-4H3. The smallest absolute Gasteiger partial charge is 0.169 e. The van der Waals surface area contributed by atoms with Crippen LogP contribution in [0.4, 0.5) is 0 Å². The summed E-state index contributed by atoms with van der Waals surface area (Å²) < 4.78 is 28.1.